The van der Waals surface area contributed by atoms with Gasteiger partial charge in [-0.05, 0) is 30.3 Å². The van der Waals surface area contributed by atoms with Crippen molar-refractivity contribution in [3.8, 4) is 11.5 Å². The highest BCUT2D eigenvalue weighted by molar-refractivity contribution is 6.31. The number of aromatic carboxylic acids is 1. The number of benzene rings is 2. The standard InChI is InChI=1S/C14H7ClF4O3/c15-11-4-2-7(5-10(11)14(17,18)19)22-8-1-3-9(13(20)21)12(16)6-8/h1-6H,(H,20,21). The van der Waals surface area contributed by atoms with Crippen LogP contribution in [0.3, 0.4) is 0 Å². The topological polar surface area (TPSA) is 46.5 Å². The number of alkyl halides is 3. The van der Waals surface area contributed by atoms with E-state index in [1.807, 2.05) is 0 Å². The largest absolute Gasteiger partial charge is 0.478 e. The predicted molar refractivity (Wildman–Crippen MR) is 69.9 cm³/mol. The molecule has 0 spiro atoms. The highest BCUT2D eigenvalue weighted by Gasteiger charge is 2.33. The van der Waals surface area contributed by atoms with E-state index >= 15 is 0 Å². The Morgan fingerprint density at radius 2 is 1.68 bits per heavy atom. The van der Waals surface area contributed by atoms with Crippen LogP contribution in [0.15, 0.2) is 36.4 Å². The molecular weight excluding hydrogens is 328 g/mol. The van der Waals surface area contributed by atoms with E-state index in [0.717, 1.165) is 24.3 Å². The van der Waals surface area contributed by atoms with Gasteiger partial charge in [0, 0.05) is 6.07 Å². The molecule has 0 aliphatic rings. The van der Waals surface area contributed by atoms with Gasteiger partial charge in [-0.15, -0.1) is 0 Å². The summed E-state index contributed by atoms with van der Waals surface area (Å²) in [6.45, 7) is 0. The third kappa shape index (κ3) is 3.48. The van der Waals surface area contributed by atoms with Crippen molar-refractivity contribution in [3.63, 3.8) is 0 Å². The summed E-state index contributed by atoms with van der Waals surface area (Å²) < 4.78 is 56.7. The van der Waals surface area contributed by atoms with Crippen LogP contribution >= 0.6 is 11.6 Å². The number of hydrogen-bond donors (Lipinski definition) is 1. The first-order valence-electron chi connectivity index (χ1n) is 5.76. The molecular formula is C14H7ClF4O3. The van der Waals surface area contributed by atoms with Crippen molar-refractivity contribution in [1.29, 1.82) is 0 Å². The Morgan fingerprint density at radius 3 is 2.23 bits per heavy atom. The van der Waals surface area contributed by atoms with E-state index in [1.165, 1.54) is 6.07 Å². The van der Waals surface area contributed by atoms with Crippen LogP contribution in [0, 0.1) is 5.82 Å². The molecule has 0 heterocycles. The van der Waals surface area contributed by atoms with Crippen LogP contribution in [-0.4, -0.2) is 11.1 Å². The lowest BCUT2D eigenvalue weighted by atomic mass is 10.2. The van der Waals surface area contributed by atoms with Crippen molar-refractivity contribution in [1.82, 2.24) is 0 Å². The van der Waals surface area contributed by atoms with E-state index in [-0.39, 0.29) is 11.5 Å². The molecule has 0 unspecified atom stereocenters. The monoisotopic (exact) mass is 334 g/mol. The zero-order valence-corrected chi connectivity index (χ0v) is 11.4. The molecule has 0 saturated carbocycles. The van der Waals surface area contributed by atoms with Gasteiger partial charge in [0.25, 0.3) is 0 Å². The maximum atomic E-state index is 13.5. The SMILES string of the molecule is O=C(O)c1ccc(Oc2ccc(Cl)c(C(F)(F)F)c2)cc1F. The summed E-state index contributed by atoms with van der Waals surface area (Å²) in [6, 6.07) is 5.71. The third-order valence-electron chi connectivity index (χ3n) is 2.65. The number of carboxylic acids is 1. The van der Waals surface area contributed by atoms with Gasteiger partial charge in [-0.2, -0.15) is 13.2 Å². The number of carboxylic acid groups (broad SMARTS) is 1. The average molecular weight is 335 g/mol. The van der Waals surface area contributed by atoms with Crippen LogP contribution in [-0.2, 0) is 6.18 Å². The van der Waals surface area contributed by atoms with E-state index in [1.54, 1.807) is 0 Å². The minimum absolute atomic E-state index is 0.141. The molecule has 2 aromatic rings. The molecule has 3 nitrogen and oxygen atoms in total. The Balaban J connectivity index is 2.32. The molecule has 0 fully saturated rings. The van der Waals surface area contributed by atoms with Gasteiger partial charge in [0.2, 0.25) is 0 Å². The quantitative estimate of drug-likeness (QED) is 0.804. The molecule has 8 heteroatoms. The molecule has 22 heavy (non-hydrogen) atoms. The van der Waals surface area contributed by atoms with Gasteiger partial charge in [0.15, 0.2) is 0 Å². The summed E-state index contributed by atoms with van der Waals surface area (Å²) in [5.41, 5.74) is -1.66. The minimum atomic E-state index is -4.66. The summed E-state index contributed by atoms with van der Waals surface area (Å²) in [4.78, 5) is 10.7. The van der Waals surface area contributed by atoms with Crippen molar-refractivity contribution in [2.24, 2.45) is 0 Å². The van der Waals surface area contributed by atoms with Crippen molar-refractivity contribution < 1.29 is 32.2 Å². The van der Waals surface area contributed by atoms with E-state index < -0.39 is 34.1 Å². The van der Waals surface area contributed by atoms with Crippen LogP contribution in [0.5, 0.6) is 11.5 Å². The van der Waals surface area contributed by atoms with E-state index in [2.05, 4.69) is 0 Å². The number of ether oxygens (including phenoxy) is 1. The summed E-state index contributed by atoms with van der Waals surface area (Å²) >= 11 is 5.46. The second-order valence-electron chi connectivity index (χ2n) is 4.19. The Labute approximate surface area is 126 Å². The molecule has 116 valence electrons. The highest BCUT2D eigenvalue weighted by atomic mass is 35.5. The van der Waals surface area contributed by atoms with E-state index in [9.17, 15) is 22.4 Å². The van der Waals surface area contributed by atoms with Crippen molar-refractivity contribution >= 4 is 17.6 Å². The number of rotatable bonds is 3. The molecule has 0 atom stereocenters. The molecule has 2 aromatic carbocycles. The van der Waals surface area contributed by atoms with Crippen molar-refractivity contribution in [3.05, 3.63) is 58.4 Å². The number of halogens is 5. The minimum Gasteiger partial charge on any atom is -0.478 e. The molecule has 1 N–H and O–H groups in total. The van der Waals surface area contributed by atoms with Gasteiger partial charge in [0.1, 0.15) is 17.3 Å². The molecule has 0 aliphatic carbocycles. The molecule has 0 aliphatic heterocycles. The molecule has 0 saturated heterocycles. The molecule has 0 radical (unpaired) electrons. The van der Waals surface area contributed by atoms with Gasteiger partial charge in [-0.1, -0.05) is 11.6 Å². The zero-order valence-electron chi connectivity index (χ0n) is 10.6. The predicted octanol–water partition coefficient (Wildman–Crippen LogP) is 4.99. The summed E-state index contributed by atoms with van der Waals surface area (Å²) in [6.07, 6.45) is -4.66. The van der Waals surface area contributed by atoms with Gasteiger partial charge in [0.05, 0.1) is 16.1 Å². The number of hydrogen-bond acceptors (Lipinski definition) is 2. The molecule has 0 bridgehead atoms. The Hall–Kier alpha value is -2.28. The first kappa shape index (κ1) is 16.1. The smallest absolute Gasteiger partial charge is 0.417 e. The normalized spacial score (nSPS) is 11.3. The second kappa shape index (κ2) is 5.84. The maximum Gasteiger partial charge on any atom is 0.417 e. The van der Waals surface area contributed by atoms with Gasteiger partial charge < -0.3 is 9.84 Å². The van der Waals surface area contributed by atoms with Gasteiger partial charge >= 0.3 is 12.1 Å². The number of carbonyl (C=O) groups is 1. The summed E-state index contributed by atoms with van der Waals surface area (Å²) in [5.74, 6) is -2.87. The highest BCUT2D eigenvalue weighted by Crippen LogP contribution is 2.37. The fraction of sp³-hybridized carbons (Fsp3) is 0.0714. The zero-order chi connectivity index (χ0) is 16.5. The Bertz CT molecular complexity index is 729. The van der Waals surface area contributed by atoms with Crippen LogP contribution < -0.4 is 4.74 Å². The Morgan fingerprint density at radius 1 is 1.09 bits per heavy atom. The first-order valence-corrected chi connectivity index (χ1v) is 6.13. The van der Waals surface area contributed by atoms with E-state index in [4.69, 9.17) is 21.4 Å². The fourth-order valence-corrected chi connectivity index (χ4v) is 1.88. The third-order valence-corrected chi connectivity index (χ3v) is 2.98. The van der Waals surface area contributed by atoms with Crippen molar-refractivity contribution in [2.45, 2.75) is 6.18 Å². The first-order chi connectivity index (χ1) is 10.2. The van der Waals surface area contributed by atoms with Gasteiger partial charge in [-0.25, -0.2) is 9.18 Å². The van der Waals surface area contributed by atoms with Crippen LogP contribution in [0.2, 0.25) is 5.02 Å². The van der Waals surface area contributed by atoms with Crippen LogP contribution in [0.25, 0.3) is 0 Å². The maximum absolute atomic E-state index is 13.5. The van der Waals surface area contributed by atoms with Gasteiger partial charge in [-0.3, -0.25) is 0 Å². The summed E-state index contributed by atoms with van der Waals surface area (Å²) in [5, 5.41) is 8.19. The molecule has 0 amide bonds. The lowest BCUT2D eigenvalue weighted by molar-refractivity contribution is -0.137. The van der Waals surface area contributed by atoms with Crippen LogP contribution in [0.4, 0.5) is 17.6 Å². The average Bonchev–Trinajstić information content (AvgIpc) is 2.39. The lowest BCUT2D eigenvalue weighted by Crippen LogP contribution is -2.06. The molecule has 2 rings (SSSR count). The van der Waals surface area contributed by atoms with Crippen molar-refractivity contribution in [2.75, 3.05) is 0 Å². The fourth-order valence-electron chi connectivity index (χ4n) is 1.65. The molecule has 0 aromatic heterocycles. The Kier molecular flexibility index (Phi) is 4.27. The van der Waals surface area contributed by atoms with E-state index in [0.29, 0.717) is 6.07 Å². The summed E-state index contributed by atoms with van der Waals surface area (Å²) in [7, 11) is 0. The lowest BCUT2D eigenvalue weighted by Gasteiger charge is -2.12. The van der Waals surface area contributed by atoms with Crippen LogP contribution in [0.1, 0.15) is 15.9 Å². The second-order valence-corrected chi connectivity index (χ2v) is 4.60.